The molecule has 2 amide bonds. The second-order valence-electron chi connectivity index (χ2n) is 9.90. The Morgan fingerprint density at radius 1 is 0.943 bits per heavy atom. The van der Waals surface area contributed by atoms with Crippen molar-refractivity contribution >= 4 is 17.5 Å². The quantitative estimate of drug-likeness (QED) is 0.465. The van der Waals surface area contributed by atoms with E-state index in [1.165, 1.54) is 18.6 Å². The predicted octanol–water partition coefficient (Wildman–Crippen LogP) is 5.87. The van der Waals surface area contributed by atoms with Crippen LogP contribution in [0.5, 0.6) is 0 Å². The molecule has 35 heavy (non-hydrogen) atoms. The van der Waals surface area contributed by atoms with E-state index in [1.54, 1.807) is 21.9 Å². The van der Waals surface area contributed by atoms with E-state index >= 15 is 0 Å². The first kappa shape index (κ1) is 23.3. The fourth-order valence-corrected chi connectivity index (χ4v) is 5.54. The molecule has 5 rings (SSSR count). The van der Waals surface area contributed by atoms with E-state index in [2.05, 4.69) is 4.57 Å². The van der Waals surface area contributed by atoms with Crippen LogP contribution in [-0.2, 0) is 9.59 Å². The van der Waals surface area contributed by atoms with Gasteiger partial charge in [-0.2, -0.15) is 0 Å². The maximum atomic E-state index is 14.1. The van der Waals surface area contributed by atoms with Crippen molar-refractivity contribution in [1.82, 2.24) is 9.47 Å². The Balaban J connectivity index is 1.54. The van der Waals surface area contributed by atoms with Crippen LogP contribution in [0, 0.1) is 11.7 Å². The van der Waals surface area contributed by atoms with Gasteiger partial charge in [0.05, 0.1) is 17.1 Å². The zero-order chi connectivity index (χ0) is 24.5. The van der Waals surface area contributed by atoms with Gasteiger partial charge in [0.1, 0.15) is 18.4 Å². The van der Waals surface area contributed by atoms with Gasteiger partial charge in [0.15, 0.2) is 0 Å². The van der Waals surface area contributed by atoms with E-state index in [0.29, 0.717) is 0 Å². The minimum atomic E-state index is -0.424. The van der Waals surface area contributed by atoms with Gasteiger partial charge in [-0.15, -0.1) is 0 Å². The van der Waals surface area contributed by atoms with Crippen LogP contribution in [0.15, 0.2) is 66.9 Å². The molecule has 1 saturated carbocycles. The van der Waals surface area contributed by atoms with E-state index < -0.39 is 6.04 Å². The average Bonchev–Trinajstić information content (AvgIpc) is 3.37. The molecule has 0 saturated heterocycles. The summed E-state index contributed by atoms with van der Waals surface area (Å²) in [6.07, 6.45) is 7.09. The lowest BCUT2D eigenvalue weighted by atomic mass is 9.88. The largest absolute Gasteiger partial charge is 0.331 e. The molecule has 0 bridgehead atoms. The Kier molecular flexibility index (Phi) is 6.46. The number of carbonyl (C=O) groups excluding carboxylic acids is 2. The van der Waals surface area contributed by atoms with Gasteiger partial charge in [0.2, 0.25) is 11.8 Å². The van der Waals surface area contributed by atoms with Crippen molar-refractivity contribution in [2.45, 2.75) is 58.0 Å². The number of nitrogens with zero attached hydrogens (tertiary/aromatic N) is 3. The predicted molar refractivity (Wildman–Crippen MR) is 135 cm³/mol. The van der Waals surface area contributed by atoms with Gasteiger partial charge in [0.25, 0.3) is 0 Å². The highest BCUT2D eigenvalue weighted by Gasteiger charge is 2.38. The topological polar surface area (TPSA) is 45.6 Å². The number of para-hydroxylation sites is 2. The summed E-state index contributed by atoms with van der Waals surface area (Å²) in [6.45, 7) is 3.96. The van der Waals surface area contributed by atoms with Gasteiger partial charge >= 0.3 is 0 Å². The molecule has 2 aliphatic rings. The molecule has 0 N–H and O–H groups in total. The Morgan fingerprint density at radius 3 is 2.31 bits per heavy atom. The van der Waals surface area contributed by atoms with Gasteiger partial charge in [0, 0.05) is 18.2 Å². The molecule has 3 aromatic rings. The Labute approximate surface area is 206 Å². The van der Waals surface area contributed by atoms with Crippen LogP contribution in [0.3, 0.4) is 0 Å². The number of carbonyl (C=O) groups is 2. The molecule has 1 aromatic heterocycles. The summed E-state index contributed by atoms with van der Waals surface area (Å²) >= 11 is 0. The van der Waals surface area contributed by atoms with Crippen LogP contribution in [0.4, 0.5) is 10.1 Å². The lowest BCUT2D eigenvalue weighted by Crippen LogP contribution is -2.50. The highest BCUT2D eigenvalue weighted by atomic mass is 19.1. The minimum absolute atomic E-state index is 0.00211. The lowest BCUT2D eigenvalue weighted by molar-refractivity contribution is -0.141. The van der Waals surface area contributed by atoms with Crippen LogP contribution in [0.2, 0.25) is 0 Å². The van der Waals surface area contributed by atoms with Crippen molar-refractivity contribution in [2.75, 3.05) is 11.4 Å². The molecule has 0 radical (unpaired) electrons. The van der Waals surface area contributed by atoms with Crippen molar-refractivity contribution < 1.29 is 14.0 Å². The van der Waals surface area contributed by atoms with Gasteiger partial charge in [-0.1, -0.05) is 43.5 Å². The summed E-state index contributed by atoms with van der Waals surface area (Å²) in [7, 11) is 0. The summed E-state index contributed by atoms with van der Waals surface area (Å²) in [5, 5.41) is 0. The van der Waals surface area contributed by atoms with Crippen molar-refractivity contribution in [3.05, 3.63) is 83.9 Å². The third kappa shape index (κ3) is 4.38. The van der Waals surface area contributed by atoms with Crippen molar-refractivity contribution in [1.29, 1.82) is 0 Å². The molecule has 1 unspecified atom stereocenters. The first-order chi connectivity index (χ1) is 17.0. The average molecular weight is 474 g/mol. The van der Waals surface area contributed by atoms with Gasteiger partial charge in [-0.05, 0) is 68.7 Å². The minimum Gasteiger partial charge on any atom is -0.331 e. The van der Waals surface area contributed by atoms with Crippen LogP contribution in [-0.4, -0.2) is 33.9 Å². The fourth-order valence-electron chi connectivity index (χ4n) is 5.54. The Bertz CT molecular complexity index is 1210. The van der Waals surface area contributed by atoms with Crippen molar-refractivity contribution in [3.8, 4) is 5.69 Å². The number of hydrogen-bond donors (Lipinski definition) is 0. The summed E-state index contributed by atoms with van der Waals surface area (Å²) < 4.78 is 15.9. The molecule has 5 nitrogen and oxygen atoms in total. The molecule has 182 valence electrons. The number of aromatic nitrogens is 1. The van der Waals surface area contributed by atoms with Crippen molar-refractivity contribution in [2.24, 2.45) is 5.92 Å². The zero-order valence-corrected chi connectivity index (χ0v) is 20.4. The number of halogens is 1. The second-order valence-corrected chi connectivity index (χ2v) is 9.90. The normalized spacial score (nSPS) is 17.7. The number of fused-ring (bicyclic) bond motifs is 3. The van der Waals surface area contributed by atoms with Crippen molar-refractivity contribution in [3.63, 3.8) is 0 Å². The van der Waals surface area contributed by atoms with Crippen LogP contribution < -0.4 is 4.90 Å². The van der Waals surface area contributed by atoms with Gasteiger partial charge in [-0.3, -0.25) is 14.5 Å². The third-order valence-corrected chi connectivity index (χ3v) is 7.34. The summed E-state index contributed by atoms with van der Waals surface area (Å²) in [5.41, 5.74) is 3.44. The first-order valence-electron chi connectivity index (χ1n) is 12.6. The zero-order valence-electron chi connectivity index (χ0n) is 20.4. The number of rotatable bonds is 5. The van der Waals surface area contributed by atoms with Gasteiger partial charge < -0.3 is 9.47 Å². The van der Waals surface area contributed by atoms with E-state index in [4.69, 9.17) is 0 Å². The smallest absolute Gasteiger partial charge is 0.247 e. The molecule has 0 spiro atoms. The molecule has 1 fully saturated rings. The number of amides is 2. The standard InChI is InChI=1S/C29H32FN3O2/c1-20(2)32(29(35)22-9-4-3-5-10-22)19-27(34)33-25-12-7-6-11-24(25)31-18-8-13-26(31)28(33)21-14-16-23(30)17-15-21/h6-8,11-18,20,22,28H,3-5,9-10,19H2,1-2H3. The third-order valence-electron chi connectivity index (χ3n) is 7.34. The molecule has 2 aromatic carbocycles. The molecule has 1 atom stereocenters. The Morgan fingerprint density at radius 2 is 1.63 bits per heavy atom. The van der Waals surface area contributed by atoms with Crippen LogP contribution in [0.25, 0.3) is 5.69 Å². The highest BCUT2D eigenvalue weighted by molar-refractivity contribution is 6.00. The monoisotopic (exact) mass is 473 g/mol. The number of anilines is 1. The summed E-state index contributed by atoms with van der Waals surface area (Å²) in [4.78, 5) is 31.1. The van der Waals surface area contributed by atoms with Crippen LogP contribution in [0.1, 0.15) is 63.3 Å². The Hall–Kier alpha value is -3.41. The van der Waals surface area contributed by atoms with E-state index in [-0.39, 0.29) is 36.1 Å². The maximum absolute atomic E-state index is 14.1. The molecular weight excluding hydrogens is 441 g/mol. The highest BCUT2D eigenvalue weighted by Crippen LogP contribution is 2.42. The van der Waals surface area contributed by atoms with Gasteiger partial charge in [-0.25, -0.2) is 4.39 Å². The molecular formula is C29H32FN3O2. The molecule has 6 heteroatoms. The van der Waals surface area contributed by atoms with E-state index in [0.717, 1.165) is 48.3 Å². The van der Waals surface area contributed by atoms with E-state index in [1.807, 2.05) is 56.4 Å². The second kappa shape index (κ2) is 9.68. The summed E-state index contributed by atoms with van der Waals surface area (Å²) in [6, 6.07) is 17.6. The number of hydrogen-bond acceptors (Lipinski definition) is 2. The molecule has 1 aliphatic heterocycles. The summed E-state index contributed by atoms with van der Waals surface area (Å²) in [5.74, 6) is -0.378. The molecule has 1 aliphatic carbocycles. The van der Waals surface area contributed by atoms with E-state index in [9.17, 15) is 14.0 Å². The number of benzene rings is 2. The first-order valence-corrected chi connectivity index (χ1v) is 12.6. The molecule has 2 heterocycles. The maximum Gasteiger partial charge on any atom is 0.247 e. The fraction of sp³-hybridized carbons (Fsp3) is 0.379. The SMILES string of the molecule is CC(C)N(CC(=O)N1c2ccccc2-n2cccc2C1c1ccc(F)cc1)C(=O)C1CCCCC1. The van der Waals surface area contributed by atoms with Crippen LogP contribution >= 0.6 is 0 Å². The lowest BCUT2D eigenvalue weighted by Gasteiger charge is -2.40.